The van der Waals surface area contributed by atoms with Crippen molar-refractivity contribution >= 4 is 50.5 Å². The largest absolute Gasteiger partial charge is 0.340 e. The third-order valence-electron chi connectivity index (χ3n) is 4.07. The molecule has 0 aliphatic heterocycles. The molecule has 2 aromatic heterocycles. The van der Waals surface area contributed by atoms with Crippen molar-refractivity contribution in [3.8, 4) is 11.1 Å². The average Bonchev–Trinajstić information content (AvgIpc) is 3.13. The average molecular weight is 394 g/mol. The molecule has 0 saturated carbocycles. The molecule has 4 rings (SSSR count). The predicted molar refractivity (Wildman–Crippen MR) is 111 cm³/mol. The highest BCUT2D eigenvalue weighted by atomic mass is 32.2. The first-order valence-electron chi connectivity index (χ1n) is 8.04. The number of anilines is 2. The van der Waals surface area contributed by atoms with E-state index in [1.807, 2.05) is 35.9 Å². The molecule has 2 aromatic carbocycles. The van der Waals surface area contributed by atoms with Crippen molar-refractivity contribution in [2.75, 3.05) is 11.6 Å². The molecule has 0 amide bonds. The van der Waals surface area contributed by atoms with Gasteiger partial charge in [-0.3, -0.25) is 10.1 Å². The number of thioether (sulfide) groups is 1. The highest BCUT2D eigenvalue weighted by molar-refractivity contribution is 7.98. The third-order valence-corrected chi connectivity index (χ3v) is 5.68. The maximum absolute atomic E-state index is 11.1. The van der Waals surface area contributed by atoms with Crippen LogP contribution in [-0.2, 0) is 0 Å². The number of benzene rings is 2. The number of nitrogens with one attached hydrogen (secondary N) is 1. The fourth-order valence-corrected chi connectivity index (χ4v) is 4.18. The first kappa shape index (κ1) is 17.4. The number of thiophene rings is 1. The molecule has 0 atom stereocenters. The Morgan fingerprint density at radius 2 is 2.00 bits per heavy atom. The molecule has 0 unspecified atom stereocenters. The molecule has 0 aliphatic rings. The fraction of sp³-hybridized carbons (Fsp3) is 0.0526. The summed E-state index contributed by atoms with van der Waals surface area (Å²) in [4.78, 5) is 21.5. The zero-order chi connectivity index (χ0) is 18.8. The van der Waals surface area contributed by atoms with Gasteiger partial charge in [0.1, 0.15) is 17.0 Å². The Balaban J connectivity index is 1.82. The summed E-state index contributed by atoms with van der Waals surface area (Å²) in [6.07, 6.45) is 3.55. The predicted octanol–water partition coefficient (Wildman–Crippen LogP) is 5.73. The monoisotopic (exact) mass is 394 g/mol. The number of nitro groups is 1. The van der Waals surface area contributed by atoms with Gasteiger partial charge in [-0.15, -0.1) is 23.1 Å². The van der Waals surface area contributed by atoms with Gasteiger partial charge in [-0.25, -0.2) is 9.97 Å². The normalized spacial score (nSPS) is 10.9. The number of hydrogen-bond acceptors (Lipinski definition) is 7. The lowest BCUT2D eigenvalue weighted by atomic mass is 10.1. The Bertz CT molecular complexity index is 1140. The topological polar surface area (TPSA) is 81.0 Å². The molecule has 0 spiro atoms. The fourth-order valence-electron chi connectivity index (χ4n) is 2.81. The standard InChI is InChI=1S/C19H14N4O2S2/c1-26-15-7-3-5-13(9-15)22-18-17-16(10-27-19(17)21-11-20-18)12-4-2-6-14(8-12)23(24)25/h2-11H,1H3,(H,20,21,22). The quantitative estimate of drug-likeness (QED) is 0.264. The van der Waals surface area contributed by atoms with Crippen molar-refractivity contribution < 1.29 is 4.92 Å². The van der Waals surface area contributed by atoms with Crippen molar-refractivity contribution in [3.05, 3.63) is 70.4 Å². The summed E-state index contributed by atoms with van der Waals surface area (Å²) in [7, 11) is 0. The first-order chi connectivity index (χ1) is 13.2. The number of rotatable bonds is 5. The molecule has 134 valence electrons. The SMILES string of the molecule is CSc1cccc(Nc2ncnc3scc(-c4cccc([N+](=O)[O-])c4)c23)c1. The van der Waals surface area contributed by atoms with Gasteiger partial charge in [0.2, 0.25) is 0 Å². The van der Waals surface area contributed by atoms with Gasteiger partial charge in [0.15, 0.2) is 0 Å². The maximum Gasteiger partial charge on any atom is 0.270 e. The number of hydrogen-bond donors (Lipinski definition) is 1. The molecule has 27 heavy (non-hydrogen) atoms. The third kappa shape index (κ3) is 3.49. The van der Waals surface area contributed by atoms with Crippen LogP contribution in [0.3, 0.4) is 0 Å². The number of nitro benzene ring substituents is 1. The molecule has 0 fully saturated rings. The Morgan fingerprint density at radius 1 is 1.15 bits per heavy atom. The van der Waals surface area contributed by atoms with E-state index in [4.69, 9.17) is 0 Å². The van der Waals surface area contributed by atoms with E-state index in [0.717, 1.165) is 31.9 Å². The zero-order valence-electron chi connectivity index (χ0n) is 14.2. The first-order valence-corrected chi connectivity index (χ1v) is 10.1. The summed E-state index contributed by atoms with van der Waals surface area (Å²) < 4.78 is 0. The summed E-state index contributed by atoms with van der Waals surface area (Å²) >= 11 is 3.16. The lowest BCUT2D eigenvalue weighted by Crippen LogP contribution is -1.96. The van der Waals surface area contributed by atoms with Crippen molar-refractivity contribution in [3.63, 3.8) is 0 Å². The summed E-state index contributed by atoms with van der Waals surface area (Å²) in [5.41, 5.74) is 2.64. The van der Waals surface area contributed by atoms with Gasteiger partial charge < -0.3 is 5.32 Å². The highest BCUT2D eigenvalue weighted by Crippen LogP contribution is 2.38. The summed E-state index contributed by atoms with van der Waals surface area (Å²) in [6.45, 7) is 0. The summed E-state index contributed by atoms with van der Waals surface area (Å²) in [5.74, 6) is 0.681. The molecular formula is C19H14N4O2S2. The van der Waals surface area contributed by atoms with E-state index in [2.05, 4.69) is 21.4 Å². The molecule has 2 heterocycles. The Morgan fingerprint density at radius 3 is 2.81 bits per heavy atom. The maximum atomic E-state index is 11.1. The summed E-state index contributed by atoms with van der Waals surface area (Å²) in [5, 5.41) is 17.3. The second-order valence-electron chi connectivity index (χ2n) is 5.72. The van der Waals surface area contributed by atoms with Crippen LogP contribution in [0.25, 0.3) is 21.3 Å². The minimum Gasteiger partial charge on any atom is -0.340 e. The van der Waals surface area contributed by atoms with E-state index in [0.29, 0.717) is 5.82 Å². The summed E-state index contributed by atoms with van der Waals surface area (Å²) in [6, 6.07) is 14.7. The van der Waals surface area contributed by atoms with Gasteiger partial charge in [0.25, 0.3) is 5.69 Å². The van der Waals surface area contributed by atoms with Crippen LogP contribution < -0.4 is 5.32 Å². The number of fused-ring (bicyclic) bond motifs is 1. The molecular weight excluding hydrogens is 380 g/mol. The molecule has 0 aliphatic carbocycles. The van der Waals surface area contributed by atoms with E-state index in [1.54, 1.807) is 23.9 Å². The van der Waals surface area contributed by atoms with Crippen molar-refractivity contribution in [1.29, 1.82) is 0 Å². The van der Waals surface area contributed by atoms with Crippen molar-refractivity contribution in [2.24, 2.45) is 0 Å². The smallest absolute Gasteiger partial charge is 0.270 e. The molecule has 0 radical (unpaired) electrons. The van der Waals surface area contributed by atoms with E-state index in [-0.39, 0.29) is 10.6 Å². The minimum atomic E-state index is -0.387. The molecule has 8 heteroatoms. The zero-order valence-corrected chi connectivity index (χ0v) is 15.9. The van der Waals surface area contributed by atoms with Crippen LogP contribution in [0.15, 0.2) is 65.1 Å². The number of non-ortho nitro benzene ring substituents is 1. The van der Waals surface area contributed by atoms with Gasteiger partial charge in [0, 0.05) is 33.7 Å². The Hall–Kier alpha value is -2.97. The van der Waals surface area contributed by atoms with E-state index < -0.39 is 0 Å². The van der Waals surface area contributed by atoms with Crippen LogP contribution in [0.1, 0.15) is 0 Å². The minimum absolute atomic E-state index is 0.0610. The second-order valence-corrected chi connectivity index (χ2v) is 7.45. The lowest BCUT2D eigenvalue weighted by Gasteiger charge is -2.09. The molecule has 0 bridgehead atoms. The van der Waals surface area contributed by atoms with E-state index in [1.165, 1.54) is 23.7 Å². The molecule has 6 nitrogen and oxygen atoms in total. The van der Waals surface area contributed by atoms with Crippen LogP contribution in [0.5, 0.6) is 0 Å². The Labute approximate surface area is 163 Å². The number of nitrogens with zero attached hydrogens (tertiary/aromatic N) is 3. The van der Waals surface area contributed by atoms with Crippen LogP contribution in [0.4, 0.5) is 17.2 Å². The van der Waals surface area contributed by atoms with Crippen molar-refractivity contribution in [2.45, 2.75) is 4.90 Å². The highest BCUT2D eigenvalue weighted by Gasteiger charge is 2.15. The van der Waals surface area contributed by atoms with E-state index >= 15 is 0 Å². The Kier molecular flexibility index (Phi) is 4.74. The van der Waals surface area contributed by atoms with Gasteiger partial charge in [-0.1, -0.05) is 18.2 Å². The molecule has 4 aromatic rings. The van der Waals surface area contributed by atoms with Crippen LogP contribution >= 0.6 is 23.1 Å². The number of aromatic nitrogens is 2. The van der Waals surface area contributed by atoms with Gasteiger partial charge in [0.05, 0.1) is 10.3 Å². The second kappa shape index (κ2) is 7.34. The van der Waals surface area contributed by atoms with Crippen LogP contribution in [-0.4, -0.2) is 21.1 Å². The molecule has 0 saturated heterocycles. The van der Waals surface area contributed by atoms with Crippen LogP contribution in [0.2, 0.25) is 0 Å². The van der Waals surface area contributed by atoms with Crippen LogP contribution in [0, 0.1) is 10.1 Å². The van der Waals surface area contributed by atoms with Gasteiger partial charge >= 0.3 is 0 Å². The van der Waals surface area contributed by atoms with Gasteiger partial charge in [-0.2, -0.15) is 0 Å². The van der Waals surface area contributed by atoms with Crippen molar-refractivity contribution in [1.82, 2.24) is 9.97 Å². The van der Waals surface area contributed by atoms with Gasteiger partial charge in [-0.05, 0) is 30.0 Å². The van der Waals surface area contributed by atoms with E-state index in [9.17, 15) is 10.1 Å². The molecule has 1 N–H and O–H groups in total. The lowest BCUT2D eigenvalue weighted by molar-refractivity contribution is -0.384.